The first kappa shape index (κ1) is 17.4. The molecule has 3 nitrogen and oxygen atoms in total. The van der Waals surface area contributed by atoms with Crippen LogP contribution < -0.4 is 0 Å². The maximum absolute atomic E-state index is 11.4. The molecule has 3 rings (SSSR count). The molecule has 24 heavy (non-hydrogen) atoms. The Bertz CT molecular complexity index is 490. The van der Waals surface area contributed by atoms with Crippen molar-refractivity contribution in [3.8, 4) is 0 Å². The van der Waals surface area contributed by atoms with Gasteiger partial charge in [0.2, 0.25) is 0 Å². The molecule has 2 bridgehead atoms. The van der Waals surface area contributed by atoms with Gasteiger partial charge in [-0.1, -0.05) is 57.1 Å². The van der Waals surface area contributed by atoms with E-state index in [1.807, 2.05) is 0 Å². The summed E-state index contributed by atoms with van der Waals surface area (Å²) in [5, 5.41) is 0. The van der Waals surface area contributed by atoms with Crippen LogP contribution in [-0.4, -0.2) is 23.3 Å². The second-order valence-corrected chi connectivity index (χ2v) is 7.82. The summed E-state index contributed by atoms with van der Waals surface area (Å²) in [7, 11) is 0. The quantitative estimate of drug-likeness (QED) is 0.315. The van der Waals surface area contributed by atoms with Crippen LogP contribution in [0.3, 0.4) is 0 Å². The van der Waals surface area contributed by atoms with Gasteiger partial charge in [0.15, 0.2) is 0 Å². The molecule has 3 atom stereocenters. The van der Waals surface area contributed by atoms with Crippen LogP contribution in [-0.2, 0) is 9.59 Å². The van der Waals surface area contributed by atoms with Gasteiger partial charge in [-0.3, -0.25) is 14.5 Å². The lowest BCUT2D eigenvalue weighted by molar-refractivity contribution is -0.136. The number of unbranched alkanes of at least 4 members (excludes halogenated alkanes) is 7. The molecule has 1 fully saturated rings. The molecule has 2 amide bonds. The molecule has 0 N–H and O–H groups in total. The summed E-state index contributed by atoms with van der Waals surface area (Å²) in [5.41, 5.74) is 0. The van der Waals surface area contributed by atoms with Crippen molar-refractivity contribution in [1.29, 1.82) is 0 Å². The van der Waals surface area contributed by atoms with Gasteiger partial charge < -0.3 is 0 Å². The van der Waals surface area contributed by atoms with E-state index in [4.69, 9.17) is 0 Å². The van der Waals surface area contributed by atoms with Gasteiger partial charge in [0.1, 0.15) is 0 Å². The van der Waals surface area contributed by atoms with Gasteiger partial charge >= 0.3 is 0 Å². The van der Waals surface area contributed by atoms with Crippen LogP contribution in [0.4, 0.5) is 0 Å². The minimum absolute atomic E-state index is 0.147. The second-order valence-electron chi connectivity index (χ2n) is 7.82. The number of allylic oxidation sites excluding steroid dienone is 2. The first-order valence-corrected chi connectivity index (χ1v) is 9.96. The third-order valence-corrected chi connectivity index (χ3v) is 6.02. The number of carbonyl (C=O) groups is 2. The zero-order valence-corrected chi connectivity index (χ0v) is 14.8. The summed E-state index contributed by atoms with van der Waals surface area (Å²) in [6, 6.07) is 0. The molecule has 0 aromatic heterocycles. The Balaban J connectivity index is 1.11. The van der Waals surface area contributed by atoms with E-state index in [0.717, 1.165) is 30.6 Å². The van der Waals surface area contributed by atoms with E-state index >= 15 is 0 Å². The molecule has 1 aliphatic heterocycles. The summed E-state index contributed by atoms with van der Waals surface area (Å²) < 4.78 is 0. The van der Waals surface area contributed by atoms with Crippen molar-refractivity contribution in [3.63, 3.8) is 0 Å². The Kier molecular flexibility index (Phi) is 6.28. The summed E-state index contributed by atoms with van der Waals surface area (Å²) in [6.07, 6.45) is 22.1. The lowest BCUT2D eigenvalue weighted by Crippen LogP contribution is -2.30. The molecule has 0 saturated heterocycles. The number of imide groups is 1. The molecular weight excluding hydrogens is 298 g/mol. The molecule has 3 unspecified atom stereocenters. The summed E-state index contributed by atoms with van der Waals surface area (Å²) >= 11 is 0. The number of hydrogen-bond acceptors (Lipinski definition) is 2. The van der Waals surface area contributed by atoms with Crippen LogP contribution in [0.15, 0.2) is 24.3 Å². The molecule has 0 spiro atoms. The fraction of sp³-hybridized carbons (Fsp3) is 0.714. The number of amides is 2. The lowest BCUT2D eigenvalue weighted by atomic mass is 9.88. The summed E-state index contributed by atoms with van der Waals surface area (Å²) in [4.78, 5) is 24.2. The van der Waals surface area contributed by atoms with Crippen LogP contribution in [0.25, 0.3) is 0 Å². The predicted octanol–water partition coefficient (Wildman–Crippen LogP) is 4.63. The molecule has 1 heterocycles. The third kappa shape index (κ3) is 4.58. The average Bonchev–Trinajstić information content (AvgIpc) is 3.27. The van der Waals surface area contributed by atoms with Crippen molar-refractivity contribution < 1.29 is 9.59 Å². The van der Waals surface area contributed by atoms with E-state index < -0.39 is 0 Å². The highest BCUT2D eigenvalue weighted by atomic mass is 16.2. The molecule has 1 saturated carbocycles. The van der Waals surface area contributed by atoms with E-state index in [2.05, 4.69) is 12.2 Å². The first-order chi connectivity index (χ1) is 11.7. The van der Waals surface area contributed by atoms with Crippen LogP contribution in [0, 0.1) is 17.8 Å². The summed E-state index contributed by atoms with van der Waals surface area (Å²) in [5.74, 6) is 2.53. The molecule has 3 aliphatic rings. The van der Waals surface area contributed by atoms with Gasteiger partial charge in [0.05, 0.1) is 0 Å². The zero-order valence-electron chi connectivity index (χ0n) is 14.8. The Labute approximate surface area is 146 Å². The molecule has 2 aliphatic carbocycles. The Morgan fingerprint density at radius 1 is 0.792 bits per heavy atom. The number of carbonyl (C=O) groups excluding carboxylic acids is 2. The van der Waals surface area contributed by atoms with Crippen LogP contribution in [0.1, 0.15) is 70.6 Å². The van der Waals surface area contributed by atoms with E-state index in [1.165, 1.54) is 74.8 Å². The van der Waals surface area contributed by atoms with Crippen LogP contribution >= 0.6 is 0 Å². The maximum atomic E-state index is 11.4. The predicted molar refractivity (Wildman–Crippen MR) is 96.3 cm³/mol. The fourth-order valence-corrected chi connectivity index (χ4v) is 4.62. The topological polar surface area (TPSA) is 37.4 Å². The molecular formula is C21H31NO2. The molecule has 3 heteroatoms. The van der Waals surface area contributed by atoms with Crippen LogP contribution in [0.2, 0.25) is 0 Å². The van der Waals surface area contributed by atoms with E-state index in [-0.39, 0.29) is 11.8 Å². The van der Waals surface area contributed by atoms with Crippen molar-refractivity contribution in [3.05, 3.63) is 24.3 Å². The van der Waals surface area contributed by atoms with Crippen molar-refractivity contribution in [2.24, 2.45) is 17.8 Å². The van der Waals surface area contributed by atoms with Gasteiger partial charge in [-0.2, -0.15) is 0 Å². The number of fused-ring (bicyclic) bond motifs is 2. The third-order valence-electron chi connectivity index (χ3n) is 6.02. The molecule has 0 aromatic carbocycles. The van der Waals surface area contributed by atoms with Crippen LogP contribution in [0.5, 0.6) is 0 Å². The Morgan fingerprint density at radius 3 is 2.00 bits per heavy atom. The summed E-state index contributed by atoms with van der Waals surface area (Å²) in [6.45, 7) is 0.586. The highest BCUT2D eigenvalue weighted by Crippen LogP contribution is 2.45. The normalized spacial score (nSPS) is 27.8. The van der Waals surface area contributed by atoms with Crippen molar-refractivity contribution in [1.82, 2.24) is 4.90 Å². The van der Waals surface area contributed by atoms with Crippen molar-refractivity contribution in [2.45, 2.75) is 70.6 Å². The van der Waals surface area contributed by atoms with E-state index in [0.29, 0.717) is 6.54 Å². The second kappa shape index (κ2) is 8.64. The standard InChI is InChI=1S/C21H31NO2/c23-20-12-13-21(24)22(20)14-8-6-4-2-1-3-5-7-9-18-15-17-10-11-19(18)16-17/h10-13,17-19H,1-9,14-16H2. The Morgan fingerprint density at radius 2 is 1.42 bits per heavy atom. The van der Waals surface area contributed by atoms with E-state index in [1.54, 1.807) is 0 Å². The number of hydrogen-bond donors (Lipinski definition) is 0. The van der Waals surface area contributed by atoms with Gasteiger partial charge in [-0.25, -0.2) is 0 Å². The van der Waals surface area contributed by atoms with Gasteiger partial charge in [0.25, 0.3) is 11.8 Å². The monoisotopic (exact) mass is 329 g/mol. The lowest BCUT2D eigenvalue weighted by Gasteiger charge is -2.17. The first-order valence-electron chi connectivity index (χ1n) is 9.96. The smallest absolute Gasteiger partial charge is 0.253 e. The SMILES string of the molecule is O=C1C=CC(=O)N1CCCCCCCCCCC1CC2C=CC1C2. The fourth-order valence-electron chi connectivity index (χ4n) is 4.62. The van der Waals surface area contributed by atoms with Gasteiger partial charge in [0, 0.05) is 18.7 Å². The minimum atomic E-state index is -0.147. The Hall–Kier alpha value is -1.38. The highest BCUT2D eigenvalue weighted by molar-refractivity contribution is 6.12. The molecule has 132 valence electrons. The van der Waals surface area contributed by atoms with Gasteiger partial charge in [-0.05, 0) is 43.4 Å². The number of nitrogens with zero attached hydrogens (tertiary/aromatic N) is 1. The average molecular weight is 329 g/mol. The minimum Gasteiger partial charge on any atom is -0.275 e. The van der Waals surface area contributed by atoms with Gasteiger partial charge in [-0.15, -0.1) is 0 Å². The molecule has 0 radical (unpaired) electrons. The highest BCUT2D eigenvalue weighted by Gasteiger charge is 2.34. The number of rotatable bonds is 11. The van der Waals surface area contributed by atoms with Crippen molar-refractivity contribution >= 4 is 11.8 Å². The molecule has 0 aromatic rings. The largest absolute Gasteiger partial charge is 0.275 e. The zero-order chi connectivity index (χ0) is 16.8. The van der Waals surface area contributed by atoms with Crippen molar-refractivity contribution in [2.75, 3.05) is 6.54 Å². The van der Waals surface area contributed by atoms with E-state index in [9.17, 15) is 9.59 Å². The maximum Gasteiger partial charge on any atom is 0.253 e.